The Morgan fingerprint density at radius 2 is 1.92 bits per heavy atom. The van der Waals surface area contributed by atoms with Crippen LogP contribution < -0.4 is 5.32 Å². The lowest BCUT2D eigenvalue weighted by molar-refractivity contribution is -0.0648. The van der Waals surface area contributed by atoms with Crippen LogP contribution in [0.5, 0.6) is 0 Å². The van der Waals surface area contributed by atoms with Crippen LogP contribution in [0.25, 0.3) is 0 Å². The Morgan fingerprint density at radius 3 is 2.62 bits per heavy atom. The molecule has 4 rings (SSSR count). The predicted molar refractivity (Wildman–Crippen MR) is 103 cm³/mol. The maximum Gasteiger partial charge on any atom is 0.222 e. The Hall–Kier alpha value is -1.98. The first-order valence-corrected chi connectivity index (χ1v) is 9.59. The minimum Gasteiger partial charge on any atom is -0.385 e. The highest BCUT2D eigenvalue weighted by molar-refractivity contribution is 5.29. The van der Waals surface area contributed by atoms with Gasteiger partial charge in [0.2, 0.25) is 5.95 Å². The molecule has 0 spiro atoms. The number of aliphatic hydroxyl groups is 1. The van der Waals surface area contributed by atoms with Crippen LogP contribution in [-0.2, 0) is 12.1 Å². The molecule has 0 bridgehead atoms. The Bertz CT molecular complexity index is 746. The zero-order valence-electron chi connectivity index (χ0n) is 15.7. The Morgan fingerprint density at radius 1 is 1.19 bits per heavy atom. The van der Waals surface area contributed by atoms with Crippen LogP contribution in [0.3, 0.4) is 0 Å². The maximum atomic E-state index is 11.6. The standard InChI is InChI=1S/C21H28N4O/c1-15-5-7-18(8-6-15)21(26)9-3-4-17-13-25(14-19(17)21)12-16-10-23-20(22-2)24-11-16/h5-8,10-11,17,19,26H,3-4,9,12-14H2,1-2H3,(H,22,23,24). The summed E-state index contributed by atoms with van der Waals surface area (Å²) in [5, 5.41) is 14.5. The van der Waals surface area contributed by atoms with Crippen molar-refractivity contribution in [2.24, 2.45) is 11.8 Å². The summed E-state index contributed by atoms with van der Waals surface area (Å²) in [6, 6.07) is 8.46. The van der Waals surface area contributed by atoms with Gasteiger partial charge in [-0.25, -0.2) is 9.97 Å². The van der Waals surface area contributed by atoms with Crippen molar-refractivity contribution in [2.45, 2.75) is 38.3 Å². The van der Waals surface area contributed by atoms with Crippen LogP contribution in [0.15, 0.2) is 36.7 Å². The molecule has 2 aromatic rings. The van der Waals surface area contributed by atoms with Crippen molar-refractivity contribution >= 4 is 5.95 Å². The van der Waals surface area contributed by atoms with Gasteiger partial charge in [0.25, 0.3) is 0 Å². The first-order chi connectivity index (χ1) is 12.6. The molecule has 2 heterocycles. The van der Waals surface area contributed by atoms with E-state index in [1.165, 1.54) is 12.0 Å². The fourth-order valence-electron chi connectivity index (χ4n) is 4.77. The number of hydrogen-bond donors (Lipinski definition) is 2. The van der Waals surface area contributed by atoms with Crippen molar-refractivity contribution in [3.8, 4) is 0 Å². The molecule has 5 heteroatoms. The monoisotopic (exact) mass is 352 g/mol. The van der Waals surface area contributed by atoms with Crippen molar-refractivity contribution < 1.29 is 5.11 Å². The fourth-order valence-corrected chi connectivity index (χ4v) is 4.77. The first-order valence-electron chi connectivity index (χ1n) is 9.59. The van der Waals surface area contributed by atoms with E-state index in [4.69, 9.17) is 0 Å². The van der Waals surface area contributed by atoms with Gasteiger partial charge in [-0.2, -0.15) is 0 Å². The number of nitrogens with one attached hydrogen (secondary N) is 1. The second-order valence-electron chi connectivity index (χ2n) is 7.91. The number of rotatable bonds is 4. The zero-order valence-corrected chi connectivity index (χ0v) is 15.7. The number of aromatic nitrogens is 2. The first kappa shape index (κ1) is 17.4. The van der Waals surface area contributed by atoms with Gasteiger partial charge in [0.1, 0.15) is 0 Å². The minimum absolute atomic E-state index is 0.302. The Labute approximate surface area is 155 Å². The molecule has 3 atom stereocenters. The second-order valence-corrected chi connectivity index (χ2v) is 7.91. The van der Waals surface area contributed by atoms with Gasteiger partial charge >= 0.3 is 0 Å². The lowest BCUT2D eigenvalue weighted by Gasteiger charge is -2.41. The Balaban J connectivity index is 1.51. The molecule has 2 aliphatic rings. The summed E-state index contributed by atoms with van der Waals surface area (Å²) in [7, 11) is 1.83. The van der Waals surface area contributed by atoms with Crippen molar-refractivity contribution in [1.82, 2.24) is 14.9 Å². The molecular formula is C21H28N4O. The quantitative estimate of drug-likeness (QED) is 0.886. The van der Waals surface area contributed by atoms with E-state index in [9.17, 15) is 5.11 Å². The number of benzene rings is 1. The molecule has 0 radical (unpaired) electrons. The molecule has 1 aliphatic heterocycles. The number of aryl methyl sites for hydroxylation is 1. The van der Waals surface area contributed by atoms with Crippen molar-refractivity contribution in [2.75, 3.05) is 25.5 Å². The topological polar surface area (TPSA) is 61.3 Å². The molecule has 0 amide bonds. The molecule has 26 heavy (non-hydrogen) atoms. The largest absolute Gasteiger partial charge is 0.385 e. The van der Waals surface area contributed by atoms with E-state index in [0.29, 0.717) is 17.8 Å². The van der Waals surface area contributed by atoms with Crippen LogP contribution in [0.1, 0.15) is 36.0 Å². The highest BCUT2D eigenvalue weighted by Crippen LogP contribution is 2.48. The summed E-state index contributed by atoms with van der Waals surface area (Å²) in [6.45, 7) is 4.92. The zero-order chi connectivity index (χ0) is 18.1. The van der Waals surface area contributed by atoms with E-state index >= 15 is 0 Å². The van der Waals surface area contributed by atoms with Crippen molar-refractivity contribution in [3.05, 3.63) is 53.3 Å². The molecule has 3 unspecified atom stereocenters. The molecule has 1 aliphatic carbocycles. The third-order valence-corrected chi connectivity index (χ3v) is 6.15. The predicted octanol–water partition coefficient (Wildman–Crippen LogP) is 2.95. The smallest absolute Gasteiger partial charge is 0.222 e. The third kappa shape index (κ3) is 3.21. The van der Waals surface area contributed by atoms with Crippen LogP contribution in [0.4, 0.5) is 5.95 Å². The van der Waals surface area contributed by atoms with E-state index in [-0.39, 0.29) is 0 Å². The molecule has 1 aromatic carbocycles. The van der Waals surface area contributed by atoms with Gasteiger partial charge in [0.15, 0.2) is 0 Å². The summed E-state index contributed by atoms with van der Waals surface area (Å²) in [5.74, 6) is 1.52. The fraction of sp³-hybridized carbons (Fsp3) is 0.524. The lowest BCUT2D eigenvalue weighted by atomic mass is 9.67. The molecule has 5 nitrogen and oxygen atoms in total. The van der Waals surface area contributed by atoms with Crippen LogP contribution >= 0.6 is 0 Å². The minimum atomic E-state index is -0.697. The van der Waals surface area contributed by atoms with Crippen molar-refractivity contribution in [3.63, 3.8) is 0 Å². The number of likely N-dealkylation sites (tertiary alicyclic amines) is 1. The summed E-state index contributed by atoms with van der Waals surface area (Å²) in [5.41, 5.74) is 2.75. The van der Waals surface area contributed by atoms with Crippen LogP contribution in [-0.4, -0.2) is 40.1 Å². The third-order valence-electron chi connectivity index (χ3n) is 6.15. The SMILES string of the molecule is CNc1ncc(CN2CC3CCCC(O)(c4ccc(C)cc4)C3C2)cn1. The average molecular weight is 352 g/mol. The second kappa shape index (κ2) is 6.97. The van der Waals surface area contributed by atoms with Gasteiger partial charge in [-0.05, 0) is 37.7 Å². The summed E-state index contributed by atoms with van der Waals surface area (Å²) < 4.78 is 0. The maximum absolute atomic E-state index is 11.6. The normalized spacial score (nSPS) is 28.7. The lowest BCUT2D eigenvalue weighted by Crippen LogP contribution is -2.42. The summed E-state index contributed by atoms with van der Waals surface area (Å²) in [6.07, 6.45) is 6.97. The number of anilines is 1. The highest BCUT2D eigenvalue weighted by Gasteiger charge is 2.49. The molecule has 1 aromatic heterocycles. The van der Waals surface area contributed by atoms with Gasteiger partial charge in [-0.3, -0.25) is 4.90 Å². The summed E-state index contributed by atoms with van der Waals surface area (Å²) >= 11 is 0. The molecule has 1 saturated carbocycles. The van der Waals surface area contributed by atoms with Crippen LogP contribution in [0.2, 0.25) is 0 Å². The van der Waals surface area contributed by atoms with E-state index < -0.39 is 5.60 Å². The Kier molecular flexibility index (Phi) is 4.67. The molecule has 2 N–H and O–H groups in total. The highest BCUT2D eigenvalue weighted by atomic mass is 16.3. The van der Waals surface area contributed by atoms with Gasteiger partial charge in [-0.15, -0.1) is 0 Å². The van der Waals surface area contributed by atoms with E-state index in [1.54, 1.807) is 0 Å². The molecular weight excluding hydrogens is 324 g/mol. The van der Waals surface area contributed by atoms with Gasteiger partial charge < -0.3 is 10.4 Å². The summed E-state index contributed by atoms with van der Waals surface area (Å²) in [4.78, 5) is 11.1. The average Bonchev–Trinajstić information content (AvgIpc) is 3.07. The van der Waals surface area contributed by atoms with Gasteiger partial charge in [0.05, 0.1) is 5.60 Å². The van der Waals surface area contributed by atoms with Gasteiger partial charge in [0, 0.05) is 50.6 Å². The van der Waals surface area contributed by atoms with Crippen molar-refractivity contribution in [1.29, 1.82) is 0 Å². The molecule has 2 fully saturated rings. The number of hydrogen-bond acceptors (Lipinski definition) is 5. The van der Waals surface area contributed by atoms with E-state index in [0.717, 1.165) is 43.6 Å². The van der Waals surface area contributed by atoms with Gasteiger partial charge in [-0.1, -0.05) is 29.8 Å². The van der Waals surface area contributed by atoms with E-state index in [2.05, 4.69) is 51.4 Å². The number of nitrogens with zero attached hydrogens (tertiary/aromatic N) is 3. The molecule has 138 valence electrons. The molecule has 1 saturated heterocycles. The number of fused-ring (bicyclic) bond motifs is 1. The van der Waals surface area contributed by atoms with Crippen LogP contribution in [0, 0.1) is 18.8 Å². The van der Waals surface area contributed by atoms with E-state index in [1.807, 2.05) is 19.4 Å².